The Bertz CT molecular complexity index is 2560. The van der Waals surface area contributed by atoms with Gasteiger partial charge in [-0.1, -0.05) is 40.3 Å². The molecule has 17 heteroatoms. The highest BCUT2D eigenvalue weighted by atomic mass is 32.1. The van der Waals surface area contributed by atoms with E-state index in [9.17, 15) is 24.0 Å². The van der Waals surface area contributed by atoms with E-state index in [0.717, 1.165) is 49.7 Å². The Morgan fingerprint density at radius 2 is 1.88 bits per heavy atom. The van der Waals surface area contributed by atoms with Crippen molar-refractivity contribution in [2.24, 2.45) is 17.3 Å². The molecule has 3 saturated heterocycles. The number of hydrogen-bond acceptors (Lipinski definition) is 11. The second-order valence-corrected chi connectivity index (χ2v) is 20.6. The first-order valence-electron chi connectivity index (χ1n) is 23.5. The molecule has 358 valence electrons. The summed E-state index contributed by atoms with van der Waals surface area (Å²) in [7, 11) is 5.02. The number of esters is 1. The Hall–Kier alpha value is -5.65. The molecular weight excluding hydrogens is 871 g/mol. The molecule has 1 N–H and O–H groups in total. The van der Waals surface area contributed by atoms with Gasteiger partial charge in [0.05, 0.1) is 52.8 Å². The summed E-state index contributed by atoms with van der Waals surface area (Å²) in [6, 6.07) is 8.12. The molecule has 4 aliphatic rings. The van der Waals surface area contributed by atoms with E-state index in [1.54, 1.807) is 47.1 Å². The third kappa shape index (κ3) is 9.34. The average Bonchev–Trinajstić information content (AvgIpc) is 3.86. The molecule has 3 aromatic heterocycles. The van der Waals surface area contributed by atoms with Crippen LogP contribution >= 0.6 is 11.3 Å². The summed E-state index contributed by atoms with van der Waals surface area (Å²) >= 11 is 1.49. The lowest BCUT2D eigenvalue weighted by Gasteiger charge is -2.46. The minimum atomic E-state index is -0.780. The molecule has 5 atom stereocenters. The molecule has 7 heterocycles. The van der Waals surface area contributed by atoms with Gasteiger partial charge in [0.1, 0.15) is 12.1 Å². The monoisotopic (exact) mass is 935 g/mol. The molecule has 0 radical (unpaired) electrons. The van der Waals surface area contributed by atoms with Crippen LogP contribution in [-0.2, 0) is 48.0 Å². The lowest BCUT2D eigenvalue weighted by atomic mass is 9.84. The summed E-state index contributed by atoms with van der Waals surface area (Å²) in [4.78, 5) is 85.6. The van der Waals surface area contributed by atoms with Crippen LogP contribution in [0.15, 0.2) is 54.6 Å². The third-order valence-electron chi connectivity index (χ3n) is 14.1. The van der Waals surface area contributed by atoms with E-state index in [-0.39, 0.29) is 54.8 Å². The van der Waals surface area contributed by atoms with Gasteiger partial charge in [0.2, 0.25) is 17.7 Å². The standard InChI is InChI=1S/C50H65N9O7S/c1-11-42(60)54(8)32-24-56(25-32)49(64)55(9)44(29(3)4)47(62)58-26-40(58)35-22-41-52-38(27-67-41)31-17-18-39-34(21-31)36(45(57(39)12-2)33-15-13-19-51-43(33)30(5)65-10)23-50(6,7)28-66-48(63)37-16-14-20-59(53-37)46(35)61/h11,13,15,17-19,21,27,29-30,32,35,37,40,44,53H,1,12,14,16,20,22-26,28H2,2-10H3/t30-,35?,37-,40?,44-,58?/m0/s1. The quantitative estimate of drug-likeness (QED) is 0.114. The van der Waals surface area contributed by atoms with Gasteiger partial charge >= 0.3 is 12.0 Å². The highest BCUT2D eigenvalue weighted by Gasteiger charge is 2.52. The summed E-state index contributed by atoms with van der Waals surface area (Å²) < 4.78 is 14.3. The molecule has 3 fully saturated rings. The Morgan fingerprint density at radius 3 is 2.58 bits per heavy atom. The number of aromatic nitrogens is 3. The first-order chi connectivity index (χ1) is 32.0. The highest BCUT2D eigenvalue weighted by molar-refractivity contribution is 7.10. The van der Waals surface area contributed by atoms with E-state index >= 15 is 0 Å². The number of thiazole rings is 1. The maximum atomic E-state index is 14.8. The van der Waals surface area contributed by atoms with E-state index in [4.69, 9.17) is 19.4 Å². The number of hydrogen-bond donors (Lipinski definition) is 1. The zero-order valence-corrected chi connectivity index (χ0v) is 41.1. The molecule has 0 aliphatic carbocycles. The number of carbonyl (C=O) groups excluding carboxylic acids is 5. The van der Waals surface area contributed by atoms with Crippen LogP contribution in [-0.4, -0.2) is 147 Å². The van der Waals surface area contributed by atoms with Gasteiger partial charge in [0.25, 0.3) is 0 Å². The molecule has 16 nitrogen and oxygen atoms in total. The van der Waals surface area contributed by atoms with Crippen molar-refractivity contribution in [1.82, 2.24) is 44.6 Å². The maximum Gasteiger partial charge on any atom is 0.324 e. The van der Waals surface area contributed by atoms with Crippen molar-refractivity contribution in [3.8, 4) is 22.5 Å². The molecule has 4 aliphatic heterocycles. The molecule has 6 bridgehead atoms. The molecule has 67 heavy (non-hydrogen) atoms. The second kappa shape index (κ2) is 19.2. The molecule has 2 unspecified atom stereocenters. The van der Waals surface area contributed by atoms with E-state index in [0.29, 0.717) is 52.0 Å². The van der Waals surface area contributed by atoms with E-state index in [2.05, 4.69) is 61.6 Å². The van der Waals surface area contributed by atoms with Crippen LogP contribution in [0.25, 0.3) is 33.4 Å². The van der Waals surface area contributed by atoms with Crippen molar-refractivity contribution in [2.45, 2.75) is 104 Å². The topological polar surface area (TPSA) is 163 Å². The summed E-state index contributed by atoms with van der Waals surface area (Å²) in [5.41, 5.74) is 9.53. The largest absolute Gasteiger partial charge is 0.464 e. The van der Waals surface area contributed by atoms with Gasteiger partial charge < -0.3 is 33.6 Å². The van der Waals surface area contributed by atoms with Crippen molar-refractivity contribution >= 4 is 52.0 Å². The number of hydrazine groups is 1. The summed E-state index contributed by atoms with van der Waals surface area (Å²) in [5, 5.41) is 5.40. The number of benzene rings is 1. The van der Waals surface area contributed by atoms with Gasteiger partial charge in [0.15, 0.2) is 0 Å². The Labute approximate surface area is 397 Å². The summed E-state index contributed by atoms with van der Waals surface area (Å²) in [6.07, 6.45) is 4.77. The third-order valence-corrected chi connectivity index (χ3v) is 14.9. The number of pyridine rings is 1. The van der Waals surface area contributed by atoms with Crippen LogP contribution < -0.4 is 5.43 Å². The fourth-order valence-corrected chi connectivity index (χ4v) is 11.0. The number of carbonyl (C=O) groups is 5. The molecule has 5 amide bonds. The highest BCUT2D eigenvalue weighted by Crippen LogP contribution is 2.42. The number of nitrogens with one attached hydrogen (secondary N) is 1. The number of urea groups is 1. The van der Waals surface area contributed by atoms with Gasteiger partial charge in [-0.15, -0.1) is 11.3 Å². The van der Waals surface area contributed by atoms with E-state index in [1.807, 2.05) is 32.2 Å². The first kappa shape index (κ1) is 47.8. The summed E-state index contributed by atoms with van der Waals surface area (Å²) in [5.74, 6) is -1.98. The van der Waals surface area contributed by atoms with Crippen molar-refractivity contribution in [3.63, 3.8) is 0 Å². The predicted molar refractivity (Wildman–Crippen MR) is 256 cm³/mol. The van der Waals surface area contributed by atoms with Crippen molar-refractivity contribution < 1.29 is 33.4 Å². The minimum absolute atomic E-state index is 0.133. The fourth-order valence-electron chi connectivity index (χ4n) is 10.1. The van der Waals surface area contributed by atoms with Crippen molar-refractivity contribution in [3.05, 3.63) is 70.8 Å². The zero-order chi connectivity index (χ0) is 48.1. The number of likely N-dealkylation sites (tertiary alicyclic amines) is 1. The van der Waals surface area contributed by atoms with Crippen LogP contribution in [0, 0.1) is 17.3 Å². The average molecular weight is 936 g/mol. The van der Waals surface area contributed by atoms with Gasteiger partial charge in [-0.3, -0.25) is 29.2 Å². The normalized spacial score (nSPS) is 21.9. The summed E-state index contributed by atoms with van der Waals surface area (Å²) in [6.45, 7) is 18.0. The van der Waals surface area contributed by atoms with E-state index < -0.39 is 35.4 Å². The minimum Gasteiger partial charge on any atom is -0.464 e. The number of ether oxygens (including phenoxy) is 2. The smallest absolute Gasteiger partial charge is 0.324 e. The number of likely N-dealkylation sites (N-methyl/N-ethyl adjacent to an activating group) is 2. The van der Waals surface area contributed by atoms with Gasteiger partial charge in [0, 0.05) is 99.4 Å². The number of fused-ring (bicyclic) bond motifs is 6. The van der Waals surface area contributed by atoms with Crippen LogP contribution in [0.5, 0.6) is 0 Å². The molecule has 0 saturated carbocycles. The Balaban J connectivity index is 1.13. The number of aryl methyl sites for hydroxylation is 1. The molecular formula is C50H65N9O7S. The van der Waals surface area contributed by atoms with Crippen molar-refractivity contribution in [1.29, 1.82) is 0 Å². The second-order valence-electron chi connectivity index (χ2n) is 19.7. The first-order valence-corrected chi connectivity index (χ1v) is 24.4. The Morgan fingerprint density at radius 1 is 1.12 bits per heavy atom. The fraction of sp³-hybridized carbons (Fsp3) is 0.540. The lowest BCUT2D eigenvalue weighted by Crippen LogP contribution is -2.64. The molecule has 8 rings (SSSR count). The Kier molecular flexibility index (Phi) is 13.7. The number of cyclic esters (lactones) is 1. The van der Waals surface area contributed by atoms with E-state index in [1.165, 1.54) is 22.3 Å². The van der Waals surface area contributed by atoms with Crippen LogP contribution in [0.2, 0.25) is 0 Å². The molecule has 4 aromatic rings. The molecule has 1 aromatic carbocycles. The SMILES string of the molecule is C=CC(=O)N(C)C1CN(C(=O)N(C)[C@H](C(=O)N2CC2C2Cc3nc(cs3)-c3ccc4c(c3)c(c(-c3cccnc3[C@H](C)OC)n4CC)CC(C)(C)COC(=O)[C@@H]3CCCN(N3)C2=O)C(C)C)C1. The van der Waals surface area contributed by atoms with Gasteiger partial charge in [-0.25, -0.2) is 15.2 Å². The number of nitrogens with zero attached hydrogens (tertiary/aromatic N) is 8. The number of amides is 5. The van der Waals surface area contributed by atoms with Crippen LogP contribution in [0.4, 0.5) is 4.79 Å². The number of rotatable bonds is 10. The van der Waals surface area contributed by atoms with Crippen LogP contribution in [0.3, 0.4) is 0 Å². The predicted octanol–water partition coefficient (Wildman–Crippen LogP) is 5.95. The lowest BCUT2D eigenvalue weighted by molar-refractivity contribution is -0.155. The van der Waals surface area contributed by atoms with Crippen LogP contribution in [0.1, 0.15) is 76.8 Å². The maximum absolute atomic E-state index is 14.8. The molecule has 0 spiro atoms. The van der Waals surface area contributed by atoms with Gasteiger partial charge in [-0.05, 0) is 74.9 Å². The van der Waals surface area contributed by atoms with Crippen molar-refractivity contribution in [2.75, 3.05) is 54.0 Å². The number of methoxy groups -OCH3 is 1. The van der Waals surface area contributed by atoms with Gasteiger partial charge in [-0.2, -0.15) is 0 Å². The zero-order valence-electron chi connectivity index (χ0n) is 40.3.